The van der Waals surface area contributed by atoms with Crippen LogP contribution in [-0.2, 0) is 0 Å². The average molecular weight is 388 g/mol. The lowest BCUT2D eigenvalue weighted by Crippen LogP contribution is -1.94. The Bertz CT molecular complexity index is 1300. The summed E-state index contributed by atoms with van der Waals surface area (Å²) in [6.45, 7) is 0. The van der Waals surface area contributed by atoms with Crippen molar-refractivity contribution in [2.45, 2.75) is 0 Å². The molecule has 3 heteroatoms. The number of nitrogens with zero attached hydrogens (tertiary/aromatic N) is 2. The van der Waals surface area contributed by atoms with Crippen LogP contribution in [0.15, 0.2) is 103 Å². The highest BCUT2D eigenvalue weighted by Crippen LogP contribution is 2.36. The number of benzene rings is 3. The standard InChI is InChI=1S/C27H20N2O/c1-30-22-14-12-19(13-15-22)24-18-25(20-8-4-2-5-9-20)29-27-23(24)16-17-28-26(27)21-10-6-3-7-11-21/h2-18H,1H3. The molecule has 0 saturated heterocycles. The normalized spacial score (nSPS) is 10.8. The van der Waals surface area contributed by atoms with Gasteiger partial charge in [-0.2, -0.15) is 0 Å². The summed E-state index contributed by atoms with van der Waals surface area (Å²) in [5.74, 6) is 0.840. The maximum Gasteiger partial charge on any atom is 0.118 e. The van der Waals surface area contributed by atoms with Gasteiger partial charge in [-0.05, 0) is 35.4 Å². The van der Waals surface area contributed by atoms with Crippen molar-refractivity contribution in [3.63, 3.8) is 0 Å². The third-order valence-corrected chi connectivity index (χ3v) is 5.25. The second-order valence-corrected chi connectivity index (χ2v) is 7.07. The van der Waals surface area contributed by atoms with Crippen LogP contribution in [0, 0.1) is 0 Å². The van der Waals surface area contributed by atoms with E-state index < -0.39 is 0 Å². The first kappa shape index (κ1) is 18.1. The van der Waals surface area contributed by atoms with Crippen molar-refractivity contribution >= 4 is 10.9 Å². The molecular weight excluding hydrogens is 368 g/mol. The molecule has 3 nitrogen and oxygen atoms in total. The lowest BCUT2D eigenvalue weighted by molar-refractivity contribution is 0.415. The second kappa shape index (κ2) is 7.80. The van der Waals surface area contributed by atoms with Crippen LogP contribution in [0.2, 0.25) is 0 Å². The molecule has 0 unspecified atom stereocenters. The zero-order valence-corrected chi connectivity index (χ0v) is 16.6. The molecule has 144 valence electrons. The Morgan fingerprint density at radius 1 is 0.667 bits per heavy atom. The Hall–Kier alpha value is -3.98. The van der Waals surface area contributed by atoms with Gasteiger partial charge in [0.15, 0.2) is 0 Å². The Morgan fingerprint density at radius 2 is 1.33 bits per heavy atom. The van der Waals surface area contributed by atoms with Crippen LogP contribution in [-0.4, -0.2) is 17.1 Å². The molecule has 0 radical (unpaired) electrons. The Labute approximate surface area is 175 Å². The Kier molecular flexibility index (Phi) is 4.70. The number of fused-ring (bicyclic) bond motifs is 1. The molecule has 5 aromatic rings. The minimum absolute atomic E-state index is 0.840. The predicted molar refractivity (Wildman–Crippen MR) is 122 cm³/mol. The molecule has 0 aliphatic carbocycles. The van der Waals surface area contributed by atoms with Gasteiger partial charge in [-0.15, -0.1) is 0 Å². The van der Waals surface area contributed by atoms with Gasteiger partial charge in [0.25, 0.3) is 0 Å². The van der Waals surface area contributed by atoms with Crippen LogP contribution in [0.4, 0.5) is 0 Å². The van der Waals surface area contributed by atoms with Crippen LogP contribution in [0.5, 0.6) is 5.75 Å². The van der Waals surface area contributed by atoms with E-state index in [2.05, 4.69) is 42.5 Å². The lowest BCUT2D eigenvalue weighted by atomic mass is 9.97. The Morgan fingerprint density at radius 3 is 2.00 bits per heavy atom. The number of ether oxygens (including phenoxy) is 1. The highest BCUT2D eigenvalue weighted by atomic mass is 16.5. The molecule has 0 atom stereocenters. The van der Waals surface area contributed by atoms with E-state index in [4.69, 9.17) is 14.7 Å². The minimum atomic E-state index is 0.840. The fraction of sp³-hybridized carbons (Fsp3) is 0.0370. The predicted octanol–water partition coefficient (Wildman–Crippen LogP) is 6.64. The molecule has 5 rings (SSSR count). The van der Waals surface area contributed by atoms with Gasteiger partial charge in [0.1, 0.15) is 5.75 Å². The first-order valence-electron chi connectivity index (χ1n) is 9.88. The number of hydrogen-bond donors (Lipinski definition) is 0. The van der Waals surface area contributed by atoms with Crippen molar-refractivity contribution in [3.05, 3.63) is 103 Å². The van der Waals surface area contributed by atoms with E-state index >= 15 is 0 Å². The lowest BCUT2D eigenvalue weighted by Gasteiger charge is -2.13. The summed E-state index contributed by atoms with van der Waals surface area (Å²) in [5.41, 5.74) is 7.10. The maximum absolute atomic E-state index is 5.34. The van der Waals surface area contributed by atoms with Gasteiger partial charge < -0.3 is 4.74 Å². The van der Waals surface area contributed by atoms with Gasteiger partial charge in [-0.3, -0.25) is 4.98 Å². The fourth-order valence-corrected chi connectivity index (χ4v) is 3.73. The van der Waals surface area contributed by atoms with E-state index in [9.17, 15) is 0 Å². The molecule has 30 heavy (non-hydrogen) atoms. The minimum Gasteiger partial charge on any atom is -0.497 e. The summed E-state index contributed by atoms with van der Waals surface area (Å²) in [5, 5.41) is 1.08. The Balaban J connectivity index is 1.81. The highest BCUT2D eigenvalue weighted by molar-refractivity contribution is 6.02. The average Bonchev–Trinajstić information content (AvgIpc) is 2.84. The van der Waals surface area contributed by atoms with Crippen LogP contribution >= 0.6 is 0 Å². The quantitative estimate of drug-likeness (QED) is 0.346. The van der Waals surface area contributed by atoms with Gasteiger partial charge in [0.05, 0.1) is 24.0 Å². The van der Waals surface area contributed by atoms with Crippen molar-refractivity contribution in [3.8, 4) is 39.4 Å². The third-order valence-electron chi connectivity index (χ3n) is 5.25. The van der Waals surface area contributed by atoms with Gasteiger partial charge >= 0.3 is 0 Å². The first-order chi connectivity index (χ1) is 14.8. The summed E-state index contributed by atoms with van der Waals surface area (Å²) < 4.78 is 5.34. The fourth-order valence-electron chi connectivity index (χ4n) is 3.73. The summed E-state index contributed by atoms with van der Waals surface area (Å²) in [7, 11) is 1.68. The summed E-state index contributed by atoms with van der Waals surface area (Å²) >= 11 is 0. The van der Waals surface area contributed by atoms with E-state index in [1.54, 1.807) is 7.11 Å². The number of methoxy groups -OCH3 is 1. The molecule has 0 saturated carbocycles. The van der Waals surface area contributed by atoms with E-state index in [1.807, 2.05) is 60.8 Å². The van der Waals surface area contributed by atoms with Crippen molar-refractivity contribution in [1.82, 2.24) is 9.97 Å². The largest absolute Gasteiger partial charge is 0.497 e. The molecule has 0 bridgehead atoms. The summed E-state index contributed by atoms with van der Waals surface area (Å²) in [4.78, 5) is 9.75. The molecular formula is C27H20N2O. The molecule has 2 heterocycles. The van der Waals surface area contributed by atoms with Crippen LogP contribution in [0.3, 0.4) is 0 Å². The van der Waals surface area contributed by atoms with E-state index in [-0.39, 0.29) is 0 Å². The molecule has 3 aromatic carbocycles. The second-order valence-electron chi connectivity index (χ2n) is 7.07. The van der Waals surface area contributed by atoms with E-state index in [0.717, 1.165) is 50.3 Å². The van der Waals surface area contributed by atoms with Crippen LogP contribution in [0.25, 0.3) is 44.5 Å². The van der Waals surface area contributed by atoms with Crippen molar-refractivity contribution in [1.29, 1.82) is 0 Å². The smallest absolute Gasteiger partial charge is 0.118 e. The highest BCUT2D eigenvalue weighted by Gasteiger charge is 2.14. The van der Waals surface area contributed by atoms with E-state index in [1.165, 1.54) is 0 Å². The summed E-state index contributed by atoms with van der Waals surface area (Å²) in [6.07, 6.45) is 1.86. The van der Waals surface area contributed by atoms with Crippen LogP contribution < -0.4 is 4.74 Å². The number of aromatic nitrogens is 2. The maximum atomic E-state index is 5.34. The van der Waals surface area contributed by atoms with Gasteiger partial charge in [-0.25, -0.2) is 4.98 Å². The topological polar surface area (TPSA) is 35.0 Å². The van der Waals surface area contributed by atoms with Crippen molar-refractivity contribution < 1.29 is 4.74 Å². The van der Waals surface area contributed by atoms with Gasteiger partial charge in [0, 0.05) is 22.7 Å². The first-order valence-corrected chi connectivity index (χ1v) is 9.88. The molecule has 0 spiro atoms. The van der Waals surface area contributed by atoms with E-state index in [0.29, 0.717) is 0 Å². The van der Waals surface area contributed by atoms with Crippen molar-refractivity contribution in [2.75, 3.05) is 7.11 Å². The molecule has 0 aliphatic rings. The molecule has 0 fully saturated rings. The van der Waals surface area contributed by atoms with Gasteiger partial charge in [0.2, 0.25) is 0 Å². The monoisotopic (exact) mass is 388 g/mol. The SMILES string of the molecule is COc1ccc(-c2cc(-c3ccccc3)nc3c(-c4ccccc4)nccc23)cc1. The zero-order chi connectivity index (χ0) is 20.3. The van der Waals surface area contributed by atoms with Crippen LogP contribution in [0.1, 0.15) is 0 Å². The molecule has 0 amide bonds. The third kappa shape index (κ3) is 3.31. The van der Waals surface area contributed by atoms with Crippen molar-refractivity contribution in [2.24, 2.45) is 0 Å². The molecule has 0 N–H and O–H groups in total. The number of rotatable bonds is 4. The molecule has 2 aromatic heterocycles. The zero-order valence-electron chi connectivity index (χ0n) is 16.6. The number of hydrogen-bond acceptors (Lipinski definition) is 3. The number of pyridine rings is 2. The molecule has 0 aliphatic heterocycles. The summed E-state index contributed by atoms with van der Waals surface area (Å²) in [6, 6.07) is 32.9. The van der Waals surface area contributed by atoms with Gasteiger partial charge in [-0.1, -0.05) is 72.8 Å².